The van der Waals surface area contributed by atoms with Crippen molar-refractivity contribution < 1.29 is 32.9 Å². The van der Waals surface area contributed by atoms with Gasteiger partial charge in [-0.1, -0.05) is 356 Å². The van der Waals surface area contributed by atoms with E-state index in [9.17, 15) is 19.4 Å². The Kier molecular flexibility index (Phi) is 64.8. The number of rotatable bonds is 68. The van der Waals surface area contributed by atoms with E-state index in [0.29, 0.717) is 23.9 Å². The molecule has 0 spiro atoms. The van der Waals surface area contributed by atoms with Gasteiger partial charge in [-0.25, -0.2) is 0 Å². The van der Waals surface area contributed by atoms with Crippen LogP contribution < -0.4 is 10.2 Å². The van der Waals surface area contributed by atoms with Crippen molar-refractivity contribution >= 4 is 13.7 Å². The van der Waals surface area contributed by atoms with Gasteiger partial charge in [-0.3, -0.25) is 9.36 Å². The fourth-order valence-corrected chi connectivity index (χ4v) is 11.8. The molecule has 0 saturated heterocycles. The fraction of sp³-hybridized carbons (Fsp3) is 0.829. The van der Waals surface area contributed by atoms with Crippen LogP contribution in [0.25, 0.3) is 0 Å². The van der Waals surface area contributed by atoms with Gasteiger partial charge in [0.2, 0.25) is 5.91 Å². The van der Waals surface area contributed by atoms with E-state index in [2.05, 4.69) is 92.1 Å². The van der Waals surface area contributed by atoms with Crippen LogP contribution in [0.5, 0.6) is 0 Å². The number of likely N-dealkylation sites (N-methyl/N-ethyl adjacent to an activating group) is 1. The Bertz CT molecular complexity index is 1620. The monoisotopic (exact) mass is 1210 g/mol. The summed E-state index contributed by atoms with van der Waals surface area (Å²) in [6.45, 7) is 4.66. The largest absolute Gasteiger partial charge is 0.756 e. The second-order valence-corrected chi connectivity index (χ2v) is 27.7. The molecule has 0 saturated carbocycles. The molecule has 8 nitrogen and oxygen atoms in total. The number of quaternary nitrogens is 1. The molecule has 498 valence electrons. The first-order chi connectivity index (χ1) is 41.5. The number of carbonyl (C=O) groups is 1. The van der Waals surface area contributed by atoms with Crippen LogP contribution in [0.2, 0.25) is 0 Å². The zero-order valence-electron chi connectivity index (χ0n) is 57.1. The zero-order chi connectivity index (χ0) is 61.9. The van der Waals surface area contributed by atoms with E-state index >= 15 is 0 Å². The number of hydrogen-bond donors (Lipinski definition) is 2. The number of aliphatic hydroxyl groups excluding tert-OH is 1. The minimum atomic E-state index is -4.58. The normalized spacial score (nSPS) is 14.0. The summed E-state index contributed by atoms with van der Waals surface area (Å²) in [7, 11) is 1.32. The lowest BCUT2D eigenvalue weighted by atomic mass is 10.0. The average molecular weight is 1210 g/mol. The number of nitrogens with zero attached hydrogens (tertiary/aromatic N) is 1. The van der Waals surface area contributed by atoms with Gasteiger partial charge in [-0.05, 0) is 64.2 Å². The topological polar surface area (TPSA) is 108 Å². The summed E-state index contributed by atoms with van der Waals surface area (Å²) < 4.78 is 23.5. The molecule has 0 aliphatic rings. The van der Waals surface area contributed by atoms with Gasteiger partial charge < -0.3 is 28.8 Å². The average Bonchev–Trinajstić information content (AvgIpc) is 3.48. The third kappa shape index (κ3) is 69.3. The molecule has 0 aromatic carbocycles. The van der Waals surface area contributed by atoms with Gasteiger partial charge in [0.1, 0.15) is 13.2 Å². The number of carbonyl (C=O) groups excluding carboxylic acids is 1. The van der Waals surface area contributed by atoms with Crippen molar-refractivity contribution in [3.63, 3.8) is 0 Å². The number of phosphoric acid groups is 1. The Morgan fingerprint density at radius 2 is 0.718 bits per heavy atom. The van der Waals surface area contributed by atoms with Crippen LogP contribution >= 0.6 is 7.82 Å². The number of aliphatic hydroxyl groups is 1. The van der Waals surface area contributed by atoms with Crippen molar-refractivity contribution in [3.05, 3.63) is 72.9 Å². The molecule has 0 aromatic heterocycles. The predicted octanol–water partition coefficient (Wildman–Crippen LogP) is 23.1. The zero-order valence-corrected chi connectivity index (χ0v) is 58.0. The molecule has 0 bridgehead atoms. The molecule has 0 heterocycles. The molecule has 0 aromatic rings. The smallest absolute Gasteiger partial charge is 0.268 e. The fourth-order valence-electron chi connectivity index (χ4n) is 11.0. The van der Waals surface area contributed by atoms with E-state index in [1.807, 2.05) is 21.1 Å². The van der Waals surface area contributed by atoms with Crippen molar-refractivity contribution in [2.45, 2.75) is 366 Å². The molecule has 2 N–H and O–H groups in total. The highest BCUT2D eigenvalue weighted by Gasteiger charge is 2.24. The van der Waals surface area contributed by atoms with Crippen LogP contribution in [0, 0.1) is 0 Å². The van der Waals surface area contributed by atoms with Gasteiger partial charge in [0, 0.05) is 6.42 Å². The molecule has 0 aliphatic heterocycles. The van der Waals surface area contributed by atoms with Crippen LogP contribution in [-0.2, 0) is 18.4 Å². The number of hydrogen-bond acceptors (Lipinski definition) is 6. The molecule has 0 radical (unpaired) electrons. The first kappa shape index (κ1) is 82.9. The van der Waals surface area contributed by atoms with Crippen molar-refractivity contribution in [3.8, 4) is 0 Å². The number of allylic oxidation sites excluding steroid dienone is 12. The highest BCUT2D eigenvalue weighted by atomic mass is 31.2. The van der Waals surface area contributed by atoms with Gasteiger partial charge in [0.25, 0.3) is 7.82 Å². The maximum atomic E-state index is 13.1. The number of unbranched alkanes of at least 4 members (excludes halogenated alkanes) is 43. The second kappa shape index (κ2) is 66.4. The Balaban J connectivity index is 3.92. The van der Waals surface area contributed by atoms with Gasteiger partial charge in [-0.15, -0.1) is 0 Å². The van der Waals surface area contributed by atoms with E-state index in [-0.39, 0.29) is 19.1 Å². The molecule has 1 amide bonds. The Labute approximate surface area is 529 Å². The van der Waals surface area contributed by atoms with Crippen molar-refractivity contribution in [2.24, 2.45) is 0 Å². The van der Waals surface area contributed by atoms with E-state index < -0.39 is 20.0 Å². The third-order valence-electron chi connectivity index (χ3n) is 16.7. The SMILES string of the molecule is CC/C=C\C/C=C\C/C=C\C/C=C\C/C=C\C/C=C\CCCCCCCCCCCCCCCCCCCCCCCCC(=O)NC(COP(=O)([O-])OCC[N+](C)(C)C)C(O)CCCCCCCCCCCCCCCCCCCCCCCC. The lowest BCUT2D eigenvalue weighted by Crippen LogP contribution is -2.46. The molecule has 3 unspecified atom stereocenters. The summed E-state index contributed by atoms with van der Waals surface area (Å²) in [6, 6.07) is -0.802. The minimum Gasteiger partial charge on any atom is -0.756 e. The molecular weight excluding hydrogens is 1070 g/mol. The summed E-state index contributed by atoms with van der Waals surface area (Å²) >= 11 is 0. The number of phosphoric ester groups is 1. The number of nitrogens with one attached hydrogen (secondary N) is 1. The van der Waals surface area contributed by atoms with Crippen LogP contribution in [0.3, 0.4) is 0 Å². The summed E-state index contributed by atoms with van der Waals surface area (Å²) in [6.07, 6.45) is 92.8. The van der Waals surface area contributed by atoms with Gasteiger partial charge in [0.05, 0.1) is 39.9 Å². The highest BCUT2D eigenvalue weighted by molar-refractivity contribution is 7.45. The highest BCUT2D eigenvalue weighted by Crippen LogP contribution is 2.38. The van der Waals surface area contributed by atoms with Crippen LogP contribution in [0.1, 0.15) is 354 Å². The second-order valence-electron chi connectivity index (χ2n) is 26.3. The van der Waals surface area contributed by atoms with Crippen molar-refractivity contribution in [1.82, 2.24) is 5.32 Å². The van der Waals surface area contributed by atoms with Crippen molar-refractivity contribution in [2.75, 3.05) is 40.9 Å². The predicted molar refractivity (Wildman–Crippen MR) is 371 cm³/mol. The molecular formula is C76H143N2O6P. The van der Waals surface area contributed by atoms with E-state index in [0.717, 1.165) is 77.0 Å². The Hall–Kier alpha value is -2.06. The molecule has 9 heteroatoms. The maximum absolute atomic E-state index is 13.1. The molecule has 85 heavy (non-hydrogen) atoms. The van der Waals surface area contributed by atoms with E-state index in [4.69, 9.17) is 9.05 Å². The van der Waals surface area contributed by atoms with Crippen LogP contribution in [0.4, 0.5) is 0 Å². The summed E-state index contributed by atoms with van der Waals surface area (Å²) in [4.78, 5) is 25.7. The molecule has 0 aliphatic carbocycles. The van der Waals surface area contributed by atoms with Gasteiger partial charge in [-0.2, -0.15) is 0 Å². The minimum absolute atomic E-state index is 0.0133. The Morgan fingerprint density at radius 3 is 1.05 bits per heavy atom. The molecule has 0 rings (SSSR count). The van der Waals surface area contributed by atoms with E-state index in [1.165, 1.54) is 250 Å². The molecule has 0 fully saturated rings. The first-order valence-corrected chi connectivity index (χ1v) is 38.2. The third-order valence-corrected chi connectivity index (χ3v) is 17.7. The first-order valence-electron chi connectivity index (χ1n) is 36.8. The Morgan fingerprint density at radius 1 is 0.424 bits per heavy atom. The van der Waals surface area contributed by atoms with Crippen LogP contribution in [0.15, 0.2) is 72.9 Å². The van der Waals surface area contributed by atoms with Crippen LogP contribution in [-0.4, -0.2) is 68.5 Å². The van der Waals surface area contributed by atoms with Gasteiger partial charge in [0.15, 0.2) is 0 Å². The molecule has 3 atom stereocenters. The number of amides is 1. The summed E-state index contributed by atoms with van der Waals surface area (Å²) in [5, 5.41) is 14.1. The lowest BCUT2D eigenvalue weighted by Gasteiger charge is -2.30. The standard InChI is InChI=1S/C76H143N2O6P/c1-6-8-10-12-14-16-18-20-22-24-26-28-30-31-32-33-34-35-36-37-38-39-40-41-42-43-44-45-46-47-48-50-52-54-56-58-60-62-64-66-68-70-76(80)77-74(73-84-85(81,82)83-72-71-78(3,4)5)75(79)69-67-65-63-61-59-57-55-53-51-49-29-27-25-23-21-19-17-15-13-11-9-7-2/h8,10,14,16,20,22,26,28,31-32,34-35,74-75,79H,6-7,9,11-13,15,17-19,21,23-25,27,29-30,33,36-73H2,1-5H3,(H-,77,80,81,82)/b10-8-,16-14-,22-20-,28-26-,32-31-,35-34-. The van der Waals surface area contributed by atoms with Crippen molar-refractivity contribution in [1.29, 1.82) is 0 Å². The van der Waals surface area contributed by atoms with E-state index in [1.54, 1.807) is 0 Å². The van der Waals surface area contributed by atoms with Gasteiger partial charge >= 0.3 is 0 Å². The summed E-state index contributed by atoms with van der Waals surface area (Å²) in [5.74, 6) is -0.158. The summed E-state index contributed by atoms with van der Waals surface area (Å²) in [5.41, 5.74) is 0. The maximum Gasteiger partial charge on any atom is 0.268 e. The quantitative estimate of drug-likeness (QED) is 0.0272. The lowest BCUT2D eigenvalue weighted by molar-refractivity contribution is -0.870.